The first-order valence-corrected chi connectivity index (χ1v) is 6.60. The summed E-state index contributed by atoms with van der Waals surface area (Å²) in [6.07, 6.45) is 3.77. The van der Waals surface area contributed by atoms with Crippen molar-refractivity contribution >= 4 is 22.5 Å². The second-order valence-corrected chi connectivity index (χ2v) is 5.01. The molecule has 1 aromatic heterocycles. The van der Waals surface area contributed by atoms with Crippen LogP contribution in [-0.4, -0.2) is 35.4 Å². The molecule has 1 unspecified atom stereocenters. The van der Waals surface area contributed by atoms with E-state index in [9.17, 15) is 4.79 Å². The molecule has 1 N–H and O–H groups in total. The number of hydrogen-bond donors (Lipinski definition) is 1. The SMILES string of the molecule is CN1CCCC1C(=O)Nc1cccc2cccnc12. The van der Waals surface area contributed by atoms with Gasteiger partial charge >= 0.3 is 0 Å². The van der Waals surface area contributed by atoms with Crippen LogP contribution in [0.5, 0.6) is 0 Å². The van der Waals surface area contributed by atoms with Crippen LogP contribution in [0.15, 0.2) is 36.5 Å². The van der Waals surface area contributed by atoms with E-state index in [0.717, 1.165) is 36.0 Å². The second-order valence-electron chi connectivity index (χ2n) is 5.01. The van der Waals surface area contributed by atoms with Gasteiger partial charge in [-0.15, -0.1) is 0 Å². The minimum Gasteiger partial charge on any atom is -0.323 e. The summed E-state index contributed by atoms with van der Waals surface area (Å²) in [5, 5.41) is 4.06. The molecule has 1 atom stereocenters. The lowest BCUT2D eigenvalue weighted by atomic mass is 10.1. The van der Waals surface area contributed by atoms with Crippen LogP contribution >= 0.6 is 0 Å². The van der Waals surface area contributed by atoms with Gasteiger partial charge in [-0.3, -0.25) is 14.7 Å². The Morgan fingerprint density at radius 1 is 1.37 bits per heavy atom. The molecule has 4 nitrogen and oxygen atoms in total. The number of nitrogens with one attached hydrogen (secondary N) is 1. The number of hydrogen-bond acceptors (Lipinski definition) is 3. The average Bonchev–Trinajstić information content (AvgIpc) is 2.85. The first-order chi connectivity index (χ1) is 9.25. The zero-order valence-electron chi connectivity index (χ0n) is 11.0. The molecule has 0 bridgehead atoms. The third kappa shape index (κ3) is 2.31. The predicted octanol–water partition coefficient (Wildman–Crippen LogP) is 2.27. The smallest absolute Gasteiger partial charge is 0.241 e. The normalized spacial score (nSPS) is 19.7. The molecular weight excluding hydrogens is 238 g/mol. The van der Waals surface area contributed by atoms with E-state index in [0.29, 0.717) is 0 Å². The van der Waals surface area contributed by atoms with Crippen molar-refractivity contribution in [1.29, 1.82) is 0 Å². The molecule has 98 valence electrons. The third-order valence-electron chi connectivity index (χ3n) is 3.71. The lowest BCUT2D eigenvalue weighted by Crippen LogP contribution is -2.37. The summed E-state index contributed by atoms with van der Waals surface area (Å²) in [4.78, 5) is 18.7. The zero-order chi connectivity index (χ0) is 13.2. The second kappa shape index (κ2) is 4.97. The highest BCUT2D eigenvalue weighted by atomic mass is 16.2. The van der Waals surface area contributed by atoms with Crippen LogP contribution in [0.25, 0.3) is 10.9 Å². The van der Waals surface area contributed by atoms with E-state index >= 15 is 0 Å². The number of fused-ring (bicyclic) bond motifs is 1. The maximum Gasteiger partial charge on any atom is 0.241 e. The number of amides is 1. The van der Waals surface area contributed by atoms with E-state index in [1.807, 2.05) is 37.4 Å². The van der Waals surface area contributed by atoms with Crippen molar-refractivity contribution in [3.8, 4) is 0 Å². The van der Waals surface area contributed by atoms with Gasteiger partial charge in [-0.05, 0) is 38.6 Å². The summed E-state index contributed by atoms with van der Waals surface area (Å²) in [6.45, 7) is 0.992. The number of likely N-dealkylation sites (tertiary alicyclic amines) is 1. The molecule has 0 aliphatic carbocycles. The van der Waals surface area contributed by atoms with Crippen molar-refractivity contribution in [2.45, 2.75) is 18.9 Å². The largest absolute Gasteiger partial charge is 0.323 e. The van der Waals surface area contributed by atoms with Gasteiger partial charge in [0.2, 0.25) is 5.91 Å². The van der Waals surface area contributed by atoms with Crippen molar-refractivity contribution in [1.82, 2.24) is 9.88 Å². The van der Waals surface area contributed by atoms with Gasteiger partial charge in [-0.1, -0.05) is 18.2 Å². The number of benzene rings is 1. The molecule has 1 amide bonds. The maximum absolute atomic E-state index is 12.3. The molecular formula is C15H17N3O. The maximum atomic E-state index is 12.3. The van der Waals surface area contributed by atoms with Crippen LogP contribution in [0, 0.1) is 0 Å². The van der Waals surface area contributed by atoms with E-state index in [2.05, 4.69) is 15.2 Å². The van der Waals surface area contributed by atoms with Crippen LogP contribution in [0.1, 0.15) is 12.8 Å². The highest BCUT2D eigenvalue weighted by Crippen LogP contribution is 2.22. The molecule has 1 saturated heterocycles. The molecule has 4 heteroatoms. The molecule has 1 aromatic carbocycles. The average molecular weight is 255 g/mol. The highest BCUT2D eigenvalue weighted by molar-refractivity contribution is 6.02. The number of rotatable bonds is 2. The Bertz CT molecular complexity index is 606. The van der Waals surface area contributed by atoms with Gasteiger partial charge in [0.05, 0.1) is 17.2 Å². The summed E-state index contributed by atoms with van der Waals surface area (Å²) >= 11 is 0. The Labute approximate surface area is 112 Å². The molecule has 1 fully saturated rings. The number of aromatic nitrogens is 1. The van der Waals surface area contributed by atoms with Crippen molar-refractivity contribution in [2.75, 3.05) is 18.9 Å². The zero-order valence-corrected chi connectivity index (χ0v) is 11.0. The van der Waals surface area contributed by atoms with E-state index in [1.165, 1.54) is 0 Å². The number of nitrogens with zero attached hydrogens (tertiary/aromatic N) is 2. The van der Waals surface area contributed by atoms with Gasteiger partial charge in [0.1, 0.15) is 0 Å². The van der Waals surface area contributed by atoms with Crippen LogP contribution in [0.2, 0.25) is 0 Å². The number of pyridine rings is 1. The molecule has 0 radical (unpaired) electrons. The minimum atomic E-state index is -0.0148. The number of anilines is 1. The standard InChI is InChI=1S/C15H17N3O/c1-18-10-4-8-13(18)15(19)17-12-7-2-5-11-6-3-9-16-14(11)12/h2-3,5-7,9,13H,4,8,10H2,1H3,(H,17,19). The summed E-state index contributed by atoms with van der Waals surface area (Å²) in [7, 11) is 2.00. The number of carbonyl (C=O) groups is 1. The Balaban J connectivity index is 1.87. The van der Waals surface area contributed by atoms with E-state index in [4.69, 9.17) is 0 Å². The van der Waals surface area contributed by atoms with Gasteiger partial charge < -0.3 is 5.32 Å². The summed E-state index contributed by atoms with van der Waals surface area (Å²) in [5.41, 5.74) is 1.64. The van der Waals surface area contributed by atoms with Gasteiger partial charge in [0.15, 0.2) is 0 Å². The van der Waals surface area contributed by atoms with Crippen LogP contribution in [0.3, 0.4) is 0 Å². The van der Waals surface area contributed by atoms with Crippen molar-refractivity contribution in [3.05, 3.63) is 36.5 Å². The fourth-order valence-electron chi connectivity index (χ4n) is 2.66. The molecule has 0 spiro atoms. The topological polar surface area (TPSA) is 45.2 Å². The molecule has 1 aliphatic rings. The molecule has 1 aliphatic heterocycles. The third-order valence-corrected chi connectivity index (χ3v) is 3.71. The van der Waals surface area contributed by atoms with Crippen LogP contribution in [-0.2, 0) is 4.79 Å². The van der Waals surface area contributed by atoms with Crippen molar-refractivity contribution in [3.63, 3.8) is 0 Å². The Morgan fingerprint density at radius 3 is 3.00 bits per heavy atom. The Hall–Kier alpha value is -1.94. The van der Waals surface area contributed by atoms with Crippen molar-refractivity contribution < 1.29 is 4.79 Å². The summed E-state index contributed by atoms with van der Waals surface area (Å²) in [5.74, 6) is 0.0677. The first kappa shape index (κ1) is 12.1. The fraction of sp³-hybridized carbons (Fsp3) is 0.333. The lowest BCUT2D eigenvalue weighted by molar-refractivity contribution is -0.119. The van der Waals surface area contributed by atoms with E-state index < -0.39 is 0 Å². The Morgan fingerprint density at radius 2 is 2.21 bits per heavy atom. The number of carbonyl (C=O) groups excluding carboxylic acids is 1. The summed E-state index contributed by atoms with van der Waals surface area (Å²) < 4.78 is 0. The van der Waals surface area contributed by atoms with Gasteiger partial charge in [0.25, 0.3) is 0 Å². The fourth-order valence-corrected chi connectivity index (χ4v) is 2.66. The summed E-state index contributed by atoms with van der Waals surface area (Å²) in [6, 6.07) is 9.73. The van der Waals surface area contributed by atoms with Gasteiger partial charge in [0, 0.05) is 11.6 Å². The number of para-hydroxylation sites is 1. The minimum absolute atomic E-state index is 0.0148. The van der Waals surface area contributed by atoms with E-state index in [1.54, 1.807) is 6.20 Å². The van der Waals surface area contributed by atoms with Crippen molar-refractivity contribution in [2.24, 2.45) is 0 Å². The molecule has 19 heavy (non-hydrogen) atoms. The van der Waals surface area contributed by atoms with Crippen LogP contribution in [0.4, 0.5) is 5.69 Å². The lowest BCUT2D eigenvalue weighted by Gasteiger charge is -2.19. The monoisotopic (exact) mass is 255 g/mol. The van der Waals surface area contributed by atoms with Crippen LogP contribution < -0.4 is 5.32 Å². The van der Waals surface area contributed by atoms with E-state index in [-0.39, 0.29) is 11.9 Å². The Kier molecular flexibility index (Phi) is 3.17. The van der Waals surface area contributed by atoms with Gasteiger partial charge in [-0.25, -0.2) is 0 Å². The highest BCUT2D eigenvalue weighted by Gasteiger charge is 2.27. The number of likely N-dealkylation sites (N-methyl/N-ethyl adjacent to an activating group) is 1. The predicted molar refractivity (Wildman–Crippen MR) is 76.0 cm³/mol. The first-order valence-electron chi connectivity index (χ1n) is 6.60. The molecule has 2 aromatic rings. The molecule has 3 rings (SSSR count). The molecule has 0 saturated carbocycles. The van der Waals surface area contributed by atoms with Gasteiger partial charge in [-0.2, -0.15) is 0 Å². The quantitative estimate of drug-likeness (QED) is 0.895. The molecule has 2 heterocycles.